The topological polar surface area (TPSA) is 76.0 Å². The van der Waals surface area contributed by atoms with Gasteiger partial charge in [0.1, 0.15) is 0 Å². The van der Waals surface area contributed by atoms with Crippen LogP contribution in [0.3, 0.4) is 0 Å². The Morgan fingerprint density at radius 2 is 1.71 bits per heavy atom. The molecular formula is C23H25ClN4O2S. The van der Waals surface area contributed by atoms with E-state index in [4.69, 9.17) is 11.6 Å². The average Bonchev–Trinajstić information content (AvgIpc) is 3.01. The Morgan fingerprint density at radius 3 is 2.32 bits per heavy atom. The molecule has 2 N–H and O–H groups in total. The third kappa shape index (κ3) is 6.35. The lowest BCUT2D eigenvalue weighted by molar-refractivity contribution is -0.121. The number of amides is 2. The van der Waals surface area contributed by atoms with Crippen molar-refractivity contribution in [2.75, 3.05) is 0 Å². The molecule has 0 unspecified atom stereocenters. The van der Waals surface area contributed by atoms with Gasteiger partial charge in [-0.2, -0.15) is 5.10 Å². The number of aromatic nitrogens is 2. The van der Waals surface area contributed by atoms with Gasteiger partial charge in [0.15, 0.2) is 0 Å². The van der Waals surface area contributed by atoms with E-state index in [1.54, 1.807) is 23.9 Å². The number of rotatable bonds is 7. The number of benzene rings is 2. The van der Waals surface area contributed by atoms with Crippen LogP contribution in [-0.4, -0.2) is 21.6 Å². The second-order valence-corrected chi connectivity index (χ2v) is 8.70. The summed E-state index contributed by atoms with van der Waals surface area (Å²) in [6, 6.07) is 15.0. The van der Waals surface area contributed by atoms with Crippen molar-refractivity contribution in [3.8, 4) is 0 Å². The van der Waals surface area contributed by atoms with Gasteiger partial charge in [-0.15, -0.1) is 11.8 Å². The highest BCUT2D eigenvalue weighted by atomic mass is 35.5. The molecule has 1 aromatic heterocycles. The number of hydrazine groups is 1. The molecule has 0 atom stereocenters. The highest BCUT2D eigenvalue weighted by molar-refractivity contribution is 7.98. The third-order valence-corrected chi connectivity index (χ3v) is 6.35. The van der Waals surface area contributed by atoms with Crippen molar-refractivity contribution < 1.29 is 9.59 Å². The molecule has 0 aliphatic rings. The van der Waals surface area contributed by atoms with E-state index in [2.05, 4.69) is 16.0 Å². The van der Waals surface area contributed by atoms with Gasteiger partial charge in [-0.3, -0.25) is 25.1 Å². The molecular weight excluding hydrogens is 432 g/mol. The van der Waals surface area contributed by atoms with E-state index < -0.39 is 0 Å². The van der Waals surface area contributed by atoms with Crippen molar-refractivity contribution in [2.45, 2.75) is 37.3 Å². The summed E-state index contributed by atoms with van der Waals surface area (Å²) in [5.41, 5.74) is 9.58. The van der Waals surface area contributed by atoms with Crippen LogP contribution in [0.5, 0.6) is 0 Å². The first-order valence-electron chi connectivity index (χ1n) is 9.89. The summed E-state index contributed by atoms with van der Waals surface area (Å²) < 4.78 is 1.81. The smallest absolute Gasteiger partial charge is 0.269 e. The number of hydrogen-bond donors (Lipinski definition) is 2. The molecule has 0 saturated heterocycles. The highest BCUT2D eigenvalue weighted by Crippen LogP contribution is 2.24. The quantitative estimate of drug-likeness (QED) is 0.408. The second-order valence-electron chi connectivity index (χ2n) is 7.21. The van der Waals surface area contributed by atoms with Crippen LogP contribution in [0.4, 0.5) is 0 Å². The predicted octanol–water partition coefficient (Wildman–Crippen LogP) is 4.38. The Kier molecular flexibility index (Phi) is 7.76. The Morgan fingerprint density at radius 1 is 1.03 bits per heavy atom. The Labute approximate surface area is 191 Å². The van der Waals surface area contributed by atoms with Gasteiger partial charge in [-0.25, -0.2) is 0 Å². The van der Waals surface area contributed by atoms with Gasteiger partial charge in [0.2, 0.25) is 5.91 Å². The normalized spacial score (nSPS) is 10.7. The zero-order chi connectivity index (χ0) is 22.4. The second kappa shape index (κ2) is 10.5. The summed E-state index contributed by atoms with van der Waals surface area (Å²) in [7, 11) is 1.88. The molecule has 31 heavy (non-hydrogen) atoms. The van der Waals surface area contributed by atoms with Crippen LogP contribution in [0.25, 0.3) is 0 Å². The molecule has 3 aromatic rings. The summed E-state index contributed by atoms with van der Waals surface area (Å²) in [4.78, 5) is 25.5. The molecule has 0 radical (unpaired) electrons. The number of nitrogens with zero attached hydrogens (tertiary/aromatic N) is 2. The lowest BCUT2D eigenvalue weighted by Crippen LogP contribution is -2.41. The van der Waals surface area contributed by atoms with E-state index in [-0.39, 0.29) is 18.2 Å². The molecule has 0 bridgehead atoms. The molecule has 2 amide bonds. The van der Waals surface area contributed by atoms with Crippen molar-refractivity contribution in [1.82, 2.24) is 20.6 Å². The van der Waals surface area contributed by atoms with Gasteiger partial charge in [-0.1, -0.05) is 23.7 Å². The van der Waals surface area contributed by atoms with Crippen molar-refractivity contribution in [2.24, 2.45) is 7.05 Å². The maximum Gasteiger partial charge on any atom is 0.269 e. The van der Waals surface area contributed by atoms with Gasteiger partial charge >= 0.3 is 0 Å². The standard InChI is InChI=1S/C23H25ClN4O2S/c1-15-21(16(2)28(3)27-15)12-13-22(29)25-26-23(30)18-6-4-17(5-7-18)14-31-20-10-8-19(24)9-11-20/h4-11H,12-14H2,1-3H3,(H,25,29)(H,26,30). The van der Waals surface area contributed by atoms with Gasteiger partial charge in [-0.05, 0) is 67.8 Å². The Hall–Kier alpha value is -2.77. The fourth-order valence-electron chi connectivity index (χ4n) is 3.13. The van der Waals surface area contributed by atoms with Crippen LogP contribution < -0.4 is 10.9 Å². The molecule has 0 fully saturated rings. The van der Waals surface area contributed by atoms with E-state index in [0.717, 1.165) is 33.2 Å². The monoisotopic (exact) mass is 456 g/mol. The summed E-state index contributed by atoms with van der Waals surface area (Å²) in [6.07, 6.45) is 0.849. The SMILES string of the molecule is Cc1nn(C)c(C)c1CCC(=O)NNC(=O)c1ccc(CSc2ccc(Cl)cc2)cc1. The van der Waals surface area contributed by atoms with E-state index in [9.17, 15) is 9.59 Å². The minimum absolute atomic E-state index is 0.244. The Bertz CT molecular complexity index is 1060. The minimum Gasteiger partial charge on any atom is -0.273 e. The minimum atomic E-state index is -0.348. The first kappa shape index (κ1) is 22.9. The number of carbonyl (C=O) groups excluding carboxylic acids is 2. The van der Waals surface area contributed by atoms with Crippen LogP contribution in [0.1, 0.15) is 39.3 Å². The fraction of sp³-hybridized carbons (Fsp3) is 0.261. The lowest BCUT2D eigenvalue weighted by Gasteiger charge is -2.08. The molecule has 8 heteroatoms. The van der Waals surface area contributed by atoms with Crippen molar-refractivity contribution in [1.29, 1.82) is 0 Å². The van der Waals surface area contributed by atoms with Crippen LogP contribution in [-0.2, 0) is 24.0 Å². The van der Waals surface area contributed by atoms with Crippen LogP contribution >= 0.6 is 23.4 Å². The first-order valence-corrected chi connectivity index (χ1v) is 11.3. The zero-order valence-electron chi connectivity index (χ0n) is 17.7. The number of halogens is 1. The molecule has 0 saturated carbocycles. The zero-order valence-corrected chi connectivity index (χ0v) is 19.3. The average molecular weight is 457 g/mol. The predicted molar refractivity (Wildman–Crippen MR) is 124 cm³/mol. The largest absolute Gasteiger partial charge is 0.273 e. The van der Waals surface area contributed by atoms with Gasteiger partial charge in [0.05, 0.1) is 5.69 Å². The fourth-order valence-corrected chi connectivity index (χ4v) is 4.11. The number of carbonyl (C=O) groups is 2. The number of hydrogen-bond acceptors (Lipinski definition) is 4. The third-order valence-electron chi connectivity index (χ3n) is 5.01. The Balaban J connectivity index is 1.44. The van der Waals surface area contributed by atoms with Crippen LogP contribution in [0, 0.1) is 13.8 Å². The van der Waals surface area contributed by atoms with Gasteiger partial charge in [0, 0.05) is 40.4 Å². The van der Waals surface area contributed by atoms with Crippen molar-refractivity contribution in [3.05, 3.63) is 81.6 Å². The van der Waals surface area contributed by atoms with Crippen LogP contribution in [0.15, 0.2) is 53.4 Å². The molecule has 0 aliphatic carbocycles. The molecule has 2 aromatic carbocycles. The molecule has 3 rings (SSSR count). The van der Waals surface area contributed by atoms with Crippen molar-refractivity contribution in [3.63, 3.8) is 0 Å². The highest BCUT2D eigenvalue weighted by Gasteiger charge is 2.12. The lowest BCUT2D eigenvalue weighted by atomic mass is 10.1. The number of aryl methyl sites for hydroxylation is 2. The summed E-state index contributed by atoms with van der Waals surface area (Å²) in [6.45, 7) is 3.91. The molecule has 0 spiro atoms. The maximum atomic E-state index is 12.3. The van der Waals surface area contributed by atoms with Crippen molar-refractivity contribution >= 4 is 35.2 Å². The summed E-state index contributed by atoms with van der Waals surface area (Å²) >= 11 is 7.60. The summed E-state index contributed by atoms with van der Waals surface area (Å²) in [5.74, 6) is 0.193. The molecule has 1 heterocycles. The van der Waals surface area contributed by atoms with Crippen LogP contribution in [0.2, 0.25) is 5.02 Å². The summed E-state index contributed by atoms with van der Waals surface area (Å²) in [5, 5.41) is 5.07. The maximum absolute atomic E-state index is 12.3. The number of thioether (sulfide) groups is 1. The van der Waals surface area contributed by atoms with Gasteiger partial charge < -0.3 is 0 Å². The van der Waals surface area contributed by atoms with Gasteiger partial charge in [0.25, 0.3) is 5.91 Å². The van der Waals surface area contributed by atoms with E-state index in [0.29, 0.717) is 17.0 Å². The first-order chi connectivity index (χ1) is 14.8. The van der Waals surface area contributed by atoms with E-state index >= 15 is 0 Å². The molecule has 162 valence electrons. The van der Waals surface area contributed by atoms with E-state index in [1.807, 2.05) is 62.0 Å². The molecule has 0 aliphatic heterocycles. The van der Waals surface area contributed by atoms with E-state index in [1.165, 1.54) is 0 Å². The molecule has 6 nitrogen and oxygen atoms in total. The number of nitrogens with one attached hydrogen (secondary N) is 2.